The molecule has 1 aromatic rings. The van der Waals surface area contributed by atoms with Gasteiger partial charge in [-0.05, 0) is 45.7 Å². The van der Waals surface area contributed by atoms with E-state index in [2.05, 4.69) is 10.3 Å². The zero-order valence-electron chi connectivity index (χ0n) is 13.3. The Morgan fingerprint density at radius 1 is 1.36 bits per heavy atom. The Balaban J connectivity index is 1.92. The molecule has 0 aliphatic carbocycles. The molecule has 2 rings (SSSR count). The number of hydrogen-bond acceptors (Lipinski definition) is 4. The van der Waals surface area contributed by atoms with Crippen molar-refractivity contribution in [2.75, 3.05) is 18.4 Å². The zero-order valence-corrected chi connectivity index (χ0v) is 13.3. The maximum absolute atomic E-state index is 12.3. The molecule has 0 bridgehead atoms. The maximum atomic E-state index is 12.3. The Bertz CT molecular complexity index is 525. The number of pyridine rings is 1. The van der Waals surface area contributed by atoms with Gasteiger partial charge in [0.1, 0.15) is 11.4 Å². The van der Waals surface area contributed by atoms with Gasteiger partial charge in [0, 0.05) is 19.3 Å². The number of likely N-dealkylation sites (tertiary alicyclic amines) is 1. The van der Waals surface area contributed by atoms with Crippen LogP contribution in [0.1, 0.15) is 33.6 Å². The highest BCUT2D eigenvalue weighted by Gasteiger charge is 2.31. The van der Waals surface area contributed by atoms with Crippen LogP contribution in [0.2, 0.25) is 0 Å². The number of anilines is 1. The second-order valence-corrected chi connectivity index (χ2v) is 6.47. The molecule has 1 aliphatic heterocycles. The van der Waals surface area contributed by atoms with Gasteiger partial charge in [-0.15, -0.1) is 0 Å². The third-order valence-electron chi connectivity index (χ3n) is 3.36. The van der Waals surface area contributed by atoms with Gasteiger partial charge in [0.05, 0.1) is 5.92 Å². The second-order valence-electron chi connectivity index (χ2n) is 6.47. The van der Waals surface area contributed by atoms with Crippen molar-refractivity contribution in [3.05, 3.63) is 24.4 Å². The largest absolute Gasteiger partial charge is 0.444 e. The van der Waals surface area contributed by atoms with Crippen LogP contribution in [0.15, 0.2) is 24.4 Å². The van der Waals surface area contributed by atoms with E-state index < -0.39 is 5.60 Å². The number of nitrogens with zero attached hydrogens (tertiary/aromatic N) is 2. The molecule has 1 saturated heterocycles. The van der Waals surface area contributed by atoms with Crippen molar-refractivity contribution in [1.82, 2.24) is 9.88 Å². The van der Waals surface area contributed by atoms with Crippen molar-refractivity contribution in [1.29, 1.82) is 0 Å². The summed E-state index contributed by atoms with van der Waals surface area (Å²) < 4.78 is 5.37. The van der Waals surface area contributed by atoms with Crippen LogP contribution in [-0.2, 0) is 9.53 Å². The standard InChI is InChI=1S/C16H23N3O3/c1-16(2,3)22-15(21)19-10-6-7-12(11-19)14(20)18-13-8-4-5-9-17-13/h4-5,8-9,12H,6-7,10-11H2,1-3H3,(H,17,18,20)/t12-/m0/s1. The summed E-state index contributed by atoms with van der Waals surface area (Å²) >= 11 is 0. The summed E-state index contributed by atoms with van der Waals surface area (Å²) in [5.41, 5.74) is -0.528. The van der Waals surface area contributed by atoms with E-state index in [0.29, 0.717) is 18.9 Å². The Morgan fingerprint density at radius 3 is 2.77 bits per heavy atom. The number of amides is 2. The summed E-state index contributed by atoms with van der Waals surface area (Å²) in [5, 5.41) is 2.79. The van der Waals surface area contributed by atoms with Crippen molar-refractivity contribution in [3.8, 4) is 0 Å². The molecule has 0 spiro atoms. The highest BCUT2D eigenvalue weighted by molar-refractivity contribution is 5.92. The Kier molecular flexibility index (Phi) is 5.00. The van der Waals surface area contributed by atoms with Crippen LogP contribution >= 0.6 is 0 Å². The van der Waals surface area contributed by atoms with Crippen LogP contribution in [-0.4, -0.2) is 40.6 Å². The van der Waals surface area contributed by atoms with Crippen LogP contribution in [0.3, 0.4) is 0 Å². The van der Waals surface area contributed by atoms with Gasteiger partial charge < -0.3 is 15.0 Å². The van der Waals surface area contributed by atoms with E-state index in [9.17, 15) is 9.59 Å². The topological polar surface area (TPSA) is 71.5 Å². The van der Waals surface area contributed by atoms with Crippen molar-refractivity contribution >= 4 is 17.8 Å². The summed E-state index contributed by atoms with van der Waals surface area (Å²) in [7, 11) is 0. The number of aromatic nitrogens is 1. The molecule has 6 heteroatoms. The first-order chi connectivity index (χ1) is 10.3. The number of ether oxygens (including phenoxy) is 1. The van der Waals surface area contributed by atoms with E-state index in [1.54, 1.807) is 23.2 Å². The fraction of sp³-hybridized carbons (Fsp3) is 0.562. The molecule has 0 saturated carbocycles. The number of rotatable bonds is 2. The minimum absolute atomic E-state index is 0.105. The molecule has 1 N–H and O–H groups in total. The zero-order chi connectivity index (χ0) is 16.2. The molecule has 0 radical (unpaired) electrons. The fourth-order valence-electron chi connectivity index (χ4n) is 2.35. The third kappa shape index (κ3) is 4.72. The first-order valence-corrected chi connectivity index (χ1v) is 7.55. The predicted molar refractivity (Wildman–Crippen MR) is 83.4 cm³/mol. The molecule has 1 aliphatic rings. The Morgan fingerprint density at radius 2 is 2.14 bits per heavy atom. The molecule has 0 aromatic carbocycles. The quantitative estimate of drug-likeness (QED) is 0.912. The van der Waals surface area contributed by atoms with Gasteiger partial charge in [-0.25, -0.2) is 9.78 Å². The fourth-order valence-corrected chi connectivity index (χ4v) is 2.35. The van der Waals surface area contributed by atoms with Crippen LogP contribution < -0.4 is 5.32 Å². The van der Waals surface area contributed by atoms with Gasteiger partial charge in [-0.1, -0.05) is 6.07 Å². The lowest BCUT2D eigenvalue weighted by molar-refractivity contribution is -0.121. The van der Waals surface area contributed by atoms with Crippen molar-refractivity contribution in [2.24, 2.45) is 5.92 Å². The molecule has 6 nitrogen and oxygen atoms in total. The lowest BCUT2D eigenvalue weighted by Crippen LogP contribution is -2.45. The van der Waals surface area contributed by atoms with Gasteiger partial charge in [0.25, 0.3) is 0 Å². The molecule has 1 aromatic heterocycles. The molecule has 0 unspecified atom stereocenters. The summed E-state index contributed by atoms with van der Waals surface area (Å²) in [6, 6.07) is 5.35. The Hall–Kier alpha value is -2.11. The normalized spacial score (nSPS) is 18.7. The average molecular weight is 305 g/mol. The van der Waals surface area contributed by atoms with Gasteiger partial charge in [0.15, 0.2) is 0 Å². The van der Waals surface area contributed by atoms with Crippen LogP contribution in [0.5, 0.6) is 0 Å². The first kappa shape index (κ1) is 16.3. The maximum Gasteiger partial charge on any atom is 0.410 e. The molecule has 22 heavy (non-hydrogen) atoms. The SMILES string of the molecule is CC(C)(C)OC(=O)N1CCC[C@H](C(=O)Nc2ccccn2)C1. The Labute approximate surface area is 130 Å². The van der Waals surface area contributed by atoms with Crippen LogP contribution in [0.25, 0.3) is 0 Å². The van der Waals surface area contributed by atoms with E-state index >= 15 is 0 Å². The molecular formula is C16H23N3O3. The second kappa shape index (κ2) is 6.77. The monoisotopic (exact) mass is 305 g/mol. The number of piperidine rings is 1. The van der Waals surface area contributed by atoms with Crippen molar-refractivity contribution < 1.29 is 14.3 Å². The molecular weight excluding hydrogens is 282 g/mol. The van der Waals surface area contributed by atoms with Crippen molar-refractivity contribution in [3.63, 3.8) is 0 Å². The average Bonchev–Trinajstić information content (AvgIpc) is 2.46. The number of hydrogen-bond donors (Lipinski definition) is 1. The minimum atomic E-state index is -0.528. The minimum Gasteiger partial charge on any atom is -0.444 e. The van der Waals surface area contributed by atoms with Gasteiger partial charge in [0.2, 0.25) is 5.91 Å². The van der Waals surface area contributed by atoms with E-state index in [-0.39, 0.29) is 17.9 Å². The molecule has 1 atom stereocenters. The number of carbonyl (C=O) groups is 2. The van der Waals surface area contributed by atoms with E-state index in [1.807, 2.05) is 26.8 Å². The summed E-state index contributed by atoms with van der Waals surface area (Å²) in [5.74, 6) is 0.192. The highest BCUT2D eigenvalue weighted by atomic mass is 16.6. The predicted octanol–water partition coefficient (Wildman–Crippen LogP) is 2.67. The smallest absolute Gasteiger partial charge is 0.410 e. The van der Waals surface area contributed by atoms with Crippen molar-refractivity contribution in [2.45, 2.75) is 39.2 Å². The molecule has 2 amide bonds. The van der Waals surface area contributed by atoms with Crippen LogP contribution in [0.4, 0.5) is 10.6 Å². The summed E-state index contributed by atoms with van der Waals surface area (Å²) in [6.07, 6.45) is 2.82. The van der Waals surface area contributed by atoms with Gasteiger partial charge >= 0.3 is 6.09 Å². The summed E-state index contributed by atoms with van der Waals surface area (Å²) in [6.45, 7) is 6.51. The van der Waals surface area contributed by atoms with E-state index in [1.165, 1.54) is 0 Å². The van der Waals surface area contributed by atoms with Gasteiger partial charge in [-0.2, -0.15) is 0 Å². The van der Waals surface area contributed by atoms with E-state index in [4.69, 9.17) is 4.74 Å². The molecule has 2 heterocycles. The molecule has 120 valence electrons. The number of nitrogens with one attached hydrogen (secondary N) is 1. The van der Waals surface area contributed by atoms with Crippen LogP contribution in [0, 0.1) is 5.92 Å². The first-order valence-electron chi connectivity index (χ1n) is 7.55. The summed E-state index contributed by atoms with van der Waals surface area (Å²) in [4.78, 5) is 30.1. The van der Waals surface area contributed by atoms with Gasteiger partial charge in [-0.3, -0.25) is 4.79 Å². The lowest BCUT2D eigenvalue weighted by Gasteiger charge is -2.33. The number of carbonyl (C=O) groups excluding carboxylic acids is 2. The third-order valence-corrected chi connectivity index (χ3v) is 3.36. The molecule has 1 fully saturated rings. The van der Waals surface area contributed by atoms with E-state index in [0.717, 1.165) is 12.8 Å². The lowest BCUT2D eigenvalue weighted by atomic mass is 9.97. The highest BCUT2D eigenvalue weighted by Crippen LogP contribution is 2.20.